The van der Waals surface area contributed by atoms with Crippen LogP contribution in [0.15, 0.2) is 30.5 Å². The first-order chi connectivity index (χ1) is 9.49. The number of aryl methyl sites for hydroxylation is 1. The Balaban J connectivity index is 2.25. The van der Waals surface area contributed by atoms with E-state index in [4.69, 9.17) is 5.11 Å². The van der Waals surface area contributed by atoms with Crippen molar-refractivity contribution in [3.05, 3.63) is 51.8 Å². The van der Waals surface area contributed by atoms with Gasteiger partial charge in [0.1, 0.15) is 5.69 Å². The molecule has 0 saturated heterocycles. The molecule has 2 N–H and O–H groups in total. The van der Waals surface area contributed by atoms with Gasteiger partial charge < -0.3 is 10.4 Å². The molecule has 0 aliphatic rings. The zero-order valence-electron chi connectivity index (χ0n) is 10.6. The third-order valence-electron chi connectivity index (χ3n) is 2.82. The van der Waals surface area contributed by atoms with Gasteiger partial charge in [-0.1, -0.05) is 0 Å². The molecule has 0 bridgehead atoms. The summed E-state index contributed by atoms with van der Waals surface area (Å²) in [6.45, 7) is 0.351. The van der Waals surface area contributed by atoms with Crippen LogP contribution < -0.4 is 5.32 Å². The Kier molecular flexibility index (Phi) is 3.65. The second kappa shape index (κ2) is 5.39. The molecule has 0 saturated carbocycles. The van der Waals surface area contributed by atoms with Gasteiger partial charge in [-0.2, -0.15) is 5.10 Å². The van der Waals surface area contributed by atoms with Crippen LogP contribution in [0.3, 0.4) is 0 Å². The van der Waals surface area contributed by atoms with E-state index in [0.717, 1.165) is 11.8 Å². The average Bonchev–Trinajstić information content (AvgIpc) is 2.81. The Labute approximate surface area is 113 Å². The lowest BCUT2D eigenvalue weighted by Gasteiger charge is -2.08. The predicted octanol–water partition coefficient (Wildman–Crippen LogP) is 1.64. The number of carboxylic acid groups (broad SMARTS) is 1. The van der Waals surface area contributed by atoms with Gasteiger partial charge in [-0.25, -0.2) is 4.79 Å². The van der Waals surface area contributed by atoms with Crippen LogP contribution >= 0.6 is 0 Å². The van der Waals surface area contributed by atoms with E-state index in [2.05, 4.69) is 10.4 Å². The number of aromatic carboxylic acids is 1. The van der Waals surface area contributed by atoms with E-state index in [1.807, 2.05) is 0 Å². The summed E-state index contributed by atoms with van der Waals surface area (Å²) < 4.78 is 1.64. The maximum atomic E-state index is 11.0. The molecule has 104 valence electrons. The lowest BCUT2D eigenvalue weighted by atomic mass is 10.1. The average molecular weight is 276 g/mol. The van der Waals surface area contributed by atoms with E-state index in [9.17, 15) is 14.9 Å². The number of aromatic nitrogens is 2. The molecular formula is C12H12N4O4. The van der Waals surface area contributed by atoms with Gasteiger partial charge in [0, 0.05) is 19.3 Å². The van der Waals surface area contributed by atoms with Crippen molar-refractivity contribution in [2.24, 2.45) is 7.05 Å². The molecule has 8 nitrogen and oxygen atoms in total. The Hall–Kier alpha value is -2.90. The minimum absolute atomic E-state index is 0.122. The summed E-state index contributed by atoms with van der Waals surface area (Å²) in [6.07, 6.45) is 1.62. The van der Waals surface area contributed by atoms with Crippen LogP contribution in [0.5, 0.6) is 0 Å². The molecule has 0 amide bonds. The molecule has 1 heterocycles. The third-order valence-corrected chi connectivity index (χ3v) is 2.82. The molecule has 2 rings (SSSR count). The second-order valence-corrected chi connectivity index (χ2v) is 4.09. The lowest BCUT2D eigenvalue weighted by molar-refractivity contribution is -0.384. The van der Waals surface area contributed by atoms with E-state index in [1.165, 1.54) is 12.1 Å². The van der Waals surface area contributed by atoms with Crippen LogP contribution in [-0.4, -0.2) is 25.8 Å². The van der Waals surface area contributed by atoms with Gasteiger partial charge in [0.15, 0.2) is 0 Å². The zero-order chi connectivity index (χ0) is 14.7. The maximum absolute atomic E-state index is 11.0. The monoisotopic (exact) mass is 276 g/mol. The van der Waals surface area contributed by atoms with Gasteiger partial charge in [-0.3, -0.25) is 14.8 Å². The molecule has 0 aliphatic heterocycles. The number of nitro benzene ring substituents is 1. The van der Waals surface area contributed by atoms with Crippen LogP contribution in [0.25, 0.3) is 0 Å². The minimum Gasteiger partial charge on any atom is -0.478 e. The van der Waals surface area contributed by atoms with Crippen molar-refractivity contribution in [2.45, 2.75) is 6.54 Å². The molecule has 0 fully saturated rings. The first kappa shape index (κ1) is 13.5. The summed E-state index contributed by atoms with van der Waals surface area (Å²) in [7, 11) is 1.76. The van der Waals surface area contributed by atoms with Gasteiger partial charge in [0.05, 0.1) is 22.7 Å². The number of nitrogens with one attached hydrogen (secondary N) is 1. The smallest absolute Gasteiger partial charge is 0.335 e. The number of nitro groups is 1. The fraction of sp³-hybridized carbons (Fsp3) is 0.167. The highest BCUT2D eigenvalue weighted by molar-refractivity contribution is 5.89. The third kappa shape index (κ3) is 2.74. The van der Waals surface area contributed by atoms with Crippen LogP contribution in [0, 0.1) is 10.1 Å². The van der Waals surface area contributed by atoms with Crippen LogP contribution in [0.2, 0.25) is 0 Å². The topological polar surface area (TPSA) is 110 Å². The van der Waals surface area contributed by atoms with E-state index in [1.54, 1.807) is 24.0 Å². The molecule has 8 heteroatoms. The number of carboxylic acids is 1. The molecule has 2 aromatic rings. The summed E-state index contributed by atoms with van der Waals surface area (Å²) in [5, 5.41) is 26.7. The molecule has 0 radical (unpaired) electrons. The van der Waals surface area contributed by atoms with Gasteiger partial charge >= 0.3 is 5.97 Å². The summed E-state index contributed by atoms with van der Waals surface area (Å²) in [4.78, 5) is 21.2. The number of hydrogen-bond acceptors (Lipinski definition) is 5. The zero-order valence-corrected chi connectivity index (χ0v) is 10.6. The highest BCUT2D eigenvalue weighted by Gasteiger charge is 2.17. The Morgan fingerprint density at radius 2 is 2.25 bits per heavy atom. The van der Waals surface area contributed by atoms with Gasteiger partial charge in [-0.15, -0.1) is 0 Å². The number of nitrogens with zero attached hydrogens (tertiary/aromatic N) is 3. The Morgan fingerprint density at radius 3 is 2.80 bits per heavy atom. The first-order valence-corrected chi connectivity index (χ1v) is 5.71. The number of anilines is 1. The van der Waals surface area contributed by atoms with Gasteiger partial charge in [0.2, 0.25) is 0 Å². The van der Waals surface area contributed by atoms with Crippen molar-refractivity contribution in [2.75, 3.05) is 5.32 Å². The highest BCUT2D eigenvalue weighted by atomic mass is 16.6. The number of benzene rings is 1. The van der Waals surface area contributed by atoms with E-state index in [0.29, 0.717) is 6.54 Å². The maximum Gasteiger partial charge on any atom is 0.335 e. The van der Waals surface area contributed by atoms with Crippen LogP contribution in [0.1, 0.15) is 16.1 Å². The van der Waals surface area contributed by atoms with E-state index >= 15 is 0 Å². The van der Waals surface area contributed by atoms with Crippen molar-refractivity contribution in [3.63, 3.8) is 0 Å². The van der Waals surface area contributed by atoms with Crippen molar-refractivity contribution >= 4 is 17.3 Å². The van der Waals surface area contributed by atoms with Crippen molar-refractivity contribution < 1.29 is 14.8 Å². The standard InChI is InChI=1S/C12H12N4O4/c1-15-9(4-5-14-15)7-13-10-3-2-8(12(17)18)6-11(10)16(19)20/h2-6,13H,7H2,1H3,(H,17,18). The molecule has 0 unspecified atom stereocenters. The molecule has 1 aromatic carbocycles. The molecule has 0 atom stereocenters. The van der Waals surface area contributed by atoms with E-state index in [-0.39, 0.29) is 16.9 Å². The number of carbonyl (C=O) groups is 1. The van der Waals surface area contributed by atoms with Crippen molar-refractivity contribution in [1.29, 1.82) is 0 Å². The quantitative estimate of drug-likeness (QED) is 0.634. The molecule has 20 heavy (non-hydrogen) atoms. The summed E-state index contributed by atoms with van der Waals surface area (Å²) in [5.74, 6) is -1.20. The predicted molar refractivity (Wildman–Crippen MR) is 70.6 cm³/mol. The number of hydrogen-bond donors (Lipinski definition) is 2. The first-order valence-electron chi connectivity index (χ1n) is 5.71. The largest absolute Gasteiger partial charge is 0.478 e. The fourth-order valence-corrected chi connectivity index (χ4v) is 1.73. The van der Waals surface area contributed by atoms with Gasteiger partial charge in [0.25, 0.3) is 5.69 Å². The van der Waals surface area contributed by atoms with Gasteiger partial charge in [-0.05, 0) is 18.2 Å². The molecular weight excluding hydrogens is 264 g/mol. The molecule has 1 aromatic heterocycles. The van der Waals surface area contributed by atoms with E-state index < -0.39 is 10.9 Å². The highest BCUT2D eigenvalue weighted by Crippen LogP contribution is 2.26. The SMILES string of the molecule is Cn1nccc1CNc1ccc(C(=O)O)cc1[N+](=O)[O-]. The fourth-order valence-electron chi connectivity index (χ4n) is 1.73. The lowest BCUT2D eigenvalue weighted by Crippen LogP contribution is -2.08. The summed E-state index contributed by atoms with van der Waals surface area (Å²) in [6, 6.07) is 5.53. The normalized spacial score (nSPS) is 10.2. The van der Waals surface area contributed by atoms with Crippen molar-refractivity contribution in [3.8, 4) is 0 Å². The van der Waals surface area contributed by atoms with Crippen molar-refractivity contribution in [1.82, 2.24) is 9.78 Å². The summed E-state index contributed by atoms with van der Waals surface area (Å²) >= 11 is 0. The molecule has 0 aliphatic carbocycles. The molecule has 0 spiro atoms. The number of rotatable bonds is 5. The summed E-state index contributed by atoms with van der Waals surface area (Å²) in [5.41, 5.74) is 0.720. The van der Waals surface area contributed by atoms with Crippen LogP contribution in [0.4, 0.5) is 11.4 Å². The second-order valence-electron chi connectivity index (χ2n) is 4.09. The van der Waals surface area contributed by atoms with Crippen LogP contribution in [-0.2, 0) is 13.6 Å². The minimum atomic E-state index is -1.20. The Morgan fingerprint density at radius 1 is 1.50 bits per heavy atom. The Bertz CT molecular complexity index is 665.